The predicted molar refractivity (Wildman–Crippen MR) is 123 cm³/mol. The van der Waals surface area contributed by atoms with Crippen LogP contribution >= 0.6 is 0 Å². The Hall–Kier alpha value is -1.60. The van der Waals surface area contributed by atoms with E-state index < -0.39 is 36.5 Å². The van der Waals surface area contributed by atoms with Crippen molar-refractivity contribution in [1.29, 1.82) is 0 Å². The molecule has 1 aromatic rings. The molecule has 0 radical (unpaired) electrons. The Morgan fingerprint density at radius 3 is 2.06 bits per heavy atom. The molecule has 0 saturated carbocycles. The van der Waals surface area contributed by atoms with Gasteiger partial charge in [-0.05, 0) is 63.9 Å². The van der Waals surface area contributed by atoms with Crippen LogP contribution in [0.15, 0.2) is 17.1 Å². The van der Waals surface area contributed by atoms with Crippen LogP contribution in [0.1, 0.15) is 64.0 Å². The number of nitrogens with two attached hydrogens (primary N) is 1. The monoisotopic (exact) mass is 495 g/mol. The van der Waals surface area contributed by atoms with Crippen molar-refractivity contribution < 1.29 is 33.2 Å². The van der Waals surface area contributed by atoms with Crippen molar-refractivity contribution in [3.63, 3.8) is 0 Å². The summed E-state index contributed by atoms with van der Waals surface area (Å²) >= 11 is 0. The van der Waals surface area contributed by atoms with Crippen LogP contribution in [-0.4, -0.2) is 73.2 Å². The van der Waals surface area contributed by atoms with E-state index in [1.54, 1.807) is 12.3 Å². The topological polar surface area (TPSA) is 126 Å². The fourth-order valence-corrected chi connectivity index (χ4v) is 5.03. The van der Waals surface area contributed by atoms with E-state index in [1.165, 1.54) is 4.57 Å². The molecular weight excluding hydrogens is 458 g/mol. The molecule has 35 heavy (non-hydrogen) atoms. The molecule has 0 amide bonds. The smallest absolute Gasteiger partial charge is 0.351 e. The van der Waals surface area contributed by atoms with Gasteiger partial charge in [0.25, 0.3) is 0 Å². The number of hydrogen-bond acceptors (Lipinski definition) is 10. The van der Waals surface area contributed by atoms with Crippen molar-refractivity contribution >= 4 is 5.82 Å². The minimum atomic E-state index is -0.782. The van der Waals surface area contributed by atoms with E-state index in [0.717, 1.165) is 57.8 Å². The van der Waals surface area contributed by atoms with Gasteiger partial charge in [-0.3, -0.25) is 4.57 Å². The van der Waals surface area contributed by atoms with Crippen molar-refractivity contribution in [2.24, 2.45) is 0 Å². The molecule has 1 aromatic heterocycles. The van der Waals surface area contributed by atoms with Gasteiger partial charge in [0.2, 0.25) is 0 Å². The lowest BCUT2D eigenvalue weighted by molar-refractivity contribution is -0.251. The molecule has 4 fully saturated rings. The Morgan fingerprint density at radius 2 is 1.49 bits per heavy atom. The standard InChI is InChI=1S/C24H37N3O8/c25-17-10-11-27(24(28)26-17)23-22(35-20-9-3-6-14-31-20)21(34-19-8-2-5-13-30-19)16(33-23)15-32-18-7-1-4-12-29-18/h10-11,16,18-23H,1-9,12-15H2,(H2,25,26,28). The van der Waals surface area contributed by atoms with Gasteiger partial charge >= 0.3 is 5.69 Å². The van der Waals surface area contributed by atoms with Crippen LogP contribution in [0.2, 0.25) is 0 Å². The van der Waals surface area contributed by atoms with Gasteiger partial charge in [-0.25, -0.2) is 4.79 Å². The summed E-state index contributed by atoms with van der Waals surface area (Å²) in [6, 6.07) is 1.57. The molecule has 7 atom stereocenters. The first-order valence-electron chi connectivity index (χ1n) is 12.9. The zero-order chi connectivity index (χ0) is 24.0. The number of nitrogen functional groups attached to an aromatic ring is 1. The van der Waals surface area contributed by atoms with E-state index in [9.17, 15) is 4.79 Å². The number of anilines is 1. The van der Waals surface area contributed by atoms with Crippen molar-refractivity contribution in [3.8, 4) is 0 Å². The number of rotatable bonds is 8. The van der Waals surface area contributed by atoms with Crippen molar-refractivity contribution in [3.05, 3.63) is 22.7 Å². The molecule has 11 nitrogen and oxygen atoms in total. The van der Waals surface area contributed by atoms with Crippen molar-refractivity contribution in [2.75, 3.05) is 32.2 Å². The summed E-state index contributed by atoms with van der Waals surface area (Å²) in [7, 11) is 0. The van der Waals surface area contributed by atoms with Crippen LogP contribution in [0, 0.1) is 0 Å². The lowest BCUT2D eigenvalue weighted by Crippen LogP contribution is -2.45. The first-order valence-corrected chi connectivity index (χ1v) is 12.9. The van der Waals surface area contributed by atoms with Gasteiger partial charge in [-0.15, -0.1) is 0 Å². The van der Waals surface area contributed by atoms with E-state index in [1.807, 2.05) is 0 Å². The van der Waals surface area contributed by atoms with E-state index in [-0.39, 0.29) is 25.0 Å². The summed E-state index contributed by atoms with van der Waals surface area (Å²) < 4.78 is 44.3. The van der Waals surface area contributed by atoms with Crippen LogP contribution in [0.5, 0.6) is 0 Å². The maximum absolute atomic E-state index is 12.8. The third kappa shape index (κ3) is 6.40. The fourth-order valence-electron chi connectivity index (χ4n) is 5.03. The molecule has 5 rings (SSSR count). The predicted octanol–water partition coefficient (Wildman–Crippen LogP) is 2.09. The van der Waals surface area contributed by atoms with Crippen LogP contribution < -0.4 is 11.4 Å². The van der Waals surface area contributed by atoms with E-state index >= 15 is 0 Å². The normalized spacial score (nSPS) is 36.3. The second-order valence-electron chi connectivity index (χ2n) is 9.53. The Labute approximate surface area is 205 Å². The van der Waals surface area contributed by atoms with Crippen molar-refractivity contribution in [1.82, 2.24) is 9.55 Å². The SMILES string of the molecule is Nc1ccn(C2OC(COC3CCCCO3)C(OC3CCCCO3)C2OC2CCCCO2)c(=O)n1. The molecule has 0 spiro atoms. The average Bonchev–Trinajstić information content (AvgIpc) is 3.21. The lowest BCUT2D eigenvalue weighted by Gasteiger charge is -2.34. The van der Waals surface area contributed by atoms with Gasteiger partial charge in [0, 0.05) is 26.0 Å². The lowest BCUT2D eigenvalue weighted by atomic mass is 10.1. The van der Waals surface area contributed by atoms with Gasteiger partial charge in [0.15, 0.2) is 25.1 Å². The second-order valence-corrected chi connectivity index (χ2v) is 9.53. The summed E-state index contributed by atoms with van der Waals surface area (Å²) in [5, 5.41) is 0. The Morgan fingerprint density at radius 1 is 0.886 bits per heavy atom. The molecule has 0 bridgehead atoms. The van der Waals surface area contributed by atoms with E-state index in [4.69, 9.17) is 38.9 Å². The van der Waals surface area contributed by atoms with E-state index in [2.05, 4.69) is 4.98 Å². The fraction of sp³-hybridized carbons (Fsp3) is 0.833. The summed E-state index contributed by atoms with van der Waals surface area (Å²) in [6.07, 6.45) is 6.60. The molecule has 11 heteroatoms. The molecule has 4 aliphatic heterocycles. The zero-order valence-electron chi connectivity index (χ0n) is 20.1. The highest BCUT2D eigenvalue weighted by Gasteiger charge is 2.50. The average molecular weight is 496 g/mol. The quantitative estimate of drug-likeness (QED) is 0.573. The molecule has 2 N–H and O–H groups in total. The molecule has 0 aromatic carbocycles. The molecule has 5 heterocycles. The van der Waals surface area contributed by atoms with Crippen molar-refractivity contribution in [2.45, 2.75) is 101 Å². The highest BCUT2D eigenvalue weighted by molar-refractivity contribution is 5.23. The Balaban J connectivity index is 1.39. The van der Waals surface area contributed by atoms with Gasteiger partial charge < -0.3 is 38.9 Å². The number of aromatic nitrogens is 2. The number of hydrogen-bond donors (Lipinski definition) is 1. The first kappa shape index (κ1) is 25.1. The molecular formula is C24H37N3O8. The second kappa shape index (κ2) is 12.1. The summed E-state index contributed by atoms with van der Waals surface area (Å²) in [5.41, 5.74) is 5.21. The first-order chi connectivity index (χ1) is 17.2. The number of ether oxygens (including phenoxy) is 7. The van der Waals surface area contributed by atoms with Crippen LogP contribution in [-0.2, 0) is 33.2 Å². The maximum Gasteiger partial charge on any atom is 0.351 e. The highest BCUT2D eigenvalue weighted by Crippen LogP contribution is 2.37. The van der Waals surface area contributed by atoms with Gasteiger partial charge in [0.1, 0.15) is 24.1 Å². The van der Waals surface area contributed by atoms with Gasteiger partial charge in [-0.2, -0.15) is 4.98 Å². The third-order valence-corrected chi connectivity index (χ3v) is 6.89. The maximum atomic E-state index is 12.8. The van der Waals surface area contributed by atoms with Crippen LogP contribution in [0.3, 0.4) is 0 Å². The largest absolute Gasteiger partial charge is 0.383 e. The number of nitrogens with zero attached hydrogens (tertiary/aromatic N) is 2. The summed E-state index contributed by atoms with van der Waals surface area (Å²) in [4.78, 5) is 16.6. The van der Waals surface area contributed by atoms with Gasteiger partial charge in [-0.1, -0.05) is 0 Å². The third-order valence-electron chi connectivity index (χ3n) is 6.89. The van der Waals surface area contributed by atoms with Crippen LogP contribution in [0.4, 0.5) is 5.82 Å². The minimum absolute atomic E-state index is 0.148. The molecule has 4 saturated heterocycles. The Kier molecular flexibility index (Phi) is 8.66. The van der Waals surface area contributed by atoms with E-state index in [0.29, 0.717) is 19.8 Å². The summed E-state index contributed by atoms with van der Waals surface area (Å²) in [6.45, 7) is 2.21. The molecule has 196 valence electrons. The minimum Gasteiger partial charge on any atom is -0.383 e. The zero-order valence-corrected chi connectivity index (χ0v) is 20.1. The highest BCUT2D eigenvalue weighted by atomic mass is 16.7. The summed E-state index contributed by atoms with van der Waals surface area (Å²) in [5.74, 6) is 0.148. The van der Waals surface area contributed by atoms with Gasteiger partial charge in [0.05, 0.1) is 6.61 Å². The van der Waals surface area contributed by atoms with Crippen LogP contribution in [0.25, 0.3) is 0 Å². The Bertz CT molecular complexity index is 851. The molecule has 0 aliphatic carbocycles. The molecule has 7 unspecified atom stereocenters. The molecule has 4 aliphatic rings.